The van der Waals surface area contributed by atoms with Crippen molar-refractivity contribution in [2.24, 2.45) is 5.92 Å². The third-order valence-corrected chi connectivity index (χ3v) is 4.87. The highest BCUT2D eigenvalue weighted by atomic mass is 19.1. The molecule has 124 valence electrons. The van der Waals surface area contributed by atoms with Gasteiger partial charge in [-0.25, -0.2) is 9.37 Å². The molecule has 0 spiro atoms. The molecule has 1 saturated carbocycles. The fourth-order valence-corrected chi connectivity index (χ4v) is 3.18. The predicted molar refractivity (Wildman–Crippen MR) is 92.7 cm³/mol. The van der Waals surface area contributed by atoms with E-state index in [9.17, 15) is 4.39 Å². The van der Waals surface area contributed by atoms with Crippen LogP contribution < -0.4 is 4.74 Å². The summed E-state index contributed by atoms with van der Waals surface area (Å²) < 4.78 is 18.9. The van der Waals surface area contributed by atoms with Gasteiger partial charge in [-0.15, -0.1) is 0 Å². The van der Waals surface area contributed by atoms with Gasteiger partial charge in [0.05, 0.1) is 0 Å². The maximum Gasteiger partial charge on any atom is 0.238 e. The van der Waals surface area contributed by atoms with Crippen molar-refractivity contribution in [3.05, 3.63) is 58.7 Å². The van der Waals surface area contributed by atoms with Crippen LogP contribution in [0.1, 0.15) is 35.2 Å². The molecule has 0 saturated heterocycles. The van der Waals surface area contributed by atoms with Crippen molar-refractivity contribution in [2.45, 2.75) is 39.7 Å². The molecule has 2 aromatic heterocycles. The topological polar surface area (TPSA) is 37.9 Å². The van der Waals surface area contributed by atoms with Gasteiger partial charge in [-0.1, -0.05) is 12.1 Å². The Hall–Kier alpha value is -2.36. The van der Waals surface area contributed by atoms with E-state index < -0.39 is 0 Å². The summed E-state index contributed by atoms with van der Waals surface area (Å²) in [4.78, 5) is 7.97. The number of hydrogen-bond acceptors (Lipinski definition) is 2. The van der Waals surface area contributed by atoms with Crippen LogP contribution in [0.15, 0.2) is 30.5 Å². The maximum absolute atomic E-state index is 13.0. The summed E-state index contributed by atoms with van der Waals surface area (Å²) in [6.07, 6.45) is 5.71. The number of nitrogens with one attached hydrogen (secondary N) is 1. The Balaban J connectivity index is 1.65. The molecule has 0 bridgehead atoms. The molecule has 1 aliphatic rings. The zero-order valence-electron chi connectivity index (χ0n) is 14.0. The van der Waals surface area contributed by atoms with E-state index in [0.717, 1.165) is 29.1 Å². The number of benzene rings is 1. The zero-order chi connectivity index (χ0) is 16.7. The van der Waals surface area contributed by atoms with Gasteiger partial charge in [-0.2, -0.15) is 0 Å². The van der Waals surface area contributed by atoms with Gasteiger partial charge >= 0.3 is 0 Å². The van der Waals surface area contributed by atoms with Gasteiger partial charge in [-0.3, -0.25) is 0 Å². The van der Waals surface area contributed by atoms with E-state index in [-0.39, 0.29) is 5.82 Å². The number of hydrogen-bond donors (Lipinski definition) is 1. The number of pyridine rings is 1. The largest absolute Gasteiger partial charge is 0.471 e. The van der Waals surface area contributed by atoms with Crippen LogP contribution in [0.3, 0.4) is 0 Å². The predicted octanol–water partition coefficient (Wildman–Crippen LogP) is 4.85. The van der Waals surface area contributed by atoms with Crippen LogP contribution in [0.25, 0.3) is 10.9 Å². The highest BCUT2D eigenvalue weighted by Gasteiger charge is 2.24. The number of rotatable bonds is 5. The minimum Gasteiger partial charge on any atom is -0.471 e. The van der Waals surface area contributed by atoms with E-state index in [1.807, 2.05) is 6.20 Å². The average molecular weight is 324 g/mol. The first kappa shape index (κ1) is 15.2. The molecule has 3 nitrogen and oxygen atoms in total. The first-order valence-electron chi connectivity index (χ1n) is 8.46. The Morgan fingerprint density at radius 2 is 1.96 bits per heavy atom. The van der Waals surface area contributed by atoms with Crippen molar-refractivity contribution >= 4 is 10.9 Å². The van der Waals surface area contributed by atoms with Crippen molar-refractivity contribution in [3.8, 4) is 5.88 Å². The molecule has 0 unspecified atom stereocenters. The maximum atomic E-state index is 13.0. The lowest BCUT2D eigenvalue weighted by Gasteiger charge is -2.09. The van der Waals surface area contributed by atoms with E-state index >= 15 is 0 Å². The number of aromatic nitrogens is 2. The van der Waals surface area contributed by atoms with Crippen LogP contribution in [-0.4, -0.2) is 9.97 Å². The third-order valence-electron chi connectivity index (χ3n) is 4.87. The Morgan fingerprint density at radius 1 is 1.21 bits per heavy atom. The molecular weight excluding hydrogens is 303 g/mol. The van der Waals surface area contributed by atoms with Crippen LogP contribution >= 0.6 is 0 Å². The fourth-order valence-electron chi connectivity index (χ4n) is 3.18. The summed E-state index contributed by atoms with van der Waals surface area (Å²) in [6.45, 7) is 4.61. The smallest absolute Gasteiger partial charge is 0.238 e. The SMILES string of the molecule is Cc1[nH]c2c(OCc3ccc(F)cc3)ncc(CC3CC3)c2c1C. The molecule has 4 heteroatoms. The van der Waals surface area contributed by atoms with Gasteiger partial charge in [0.2, 0.25) is 5.88 Å². The van der Waals surface area contributed by atoms with E-state index in [4.69, 9.17) is 4.74 Å². The Labute approximate surface area is 140 Å². The van der Waals surface area contributed by atoms with Gasteiger partial charge in [0.1, 0.15) is 17.9 Å². The molecule has 1 aromatic carbocycles. The van der Waals surface area contributed by atoms with Crippen LogP contribution in [0.4, 0.5) is 4.39 Å². The Morgan fingerprint density at radius 3 is 2.67 bits per heavy atom. The minimum absolute atomic E-state index is 0.237. The van der Waals surface area contributed by atoms with E-state index in [0.29, 0.717) is 12.5 Å². The number of nitrogens with zero attached hydrogens (tertiary/aromatic N) is 1. The van der Waals surface area contributed by atoms with Crippen LogP contribution in [0.5, 0.6) is 5.88 Å². The number of H-pyrrole nitrogens is 1. The van der Waals surface area contributed by atoms with Gasteiger partial charge < -0.3 is 9.72 Å². The molecule has 1 N–H and O–H groups in total. The zero-order valence-corrected chi connectivity index (χ0v) is 14.0. The van der Waals surface area contributed by atoms with Crippen LogP contribution in [-0.2, 0) is 13.0 Å². The van der Waals surface area contributed by atoms with E-state index in [2.05, 4.69) is 23.8 Å². The molecule has 2 heterocycles. The van der Waals surface area contributed by atoms with Crippen molar-refractivity contribution < 1.29 is 9.13 Å². The number of aryl methyl sites for hydroxylation is 2. The van der Waals surface area contributed by atoms with Crippen molar-refractivity contribution in [3.63, 3.8) is 0 Å². The molecule has 0 radical (unpaired) electrons. The summed E-state index contributed by atoms with van der Waals surface area (Å²) in [5.41, 5.74) is 5.64. The van der Waals surface area contributed by atoms with Crippen molar-refractivity contribution in [1.29, 1.82) is 0 Å². The molecule has 1 aliphatic carbocycles. The molecule has 0 amide bonds. The number of halogens is 1. The van der Waals surface area contributed by atoms with Gasteiger partial charge in [-0.05, 0) is 67.9 Å². The second-order valence-corrected chi connectivity index (χ2v) is 6.78. The highest BCUT2D eigenvalue weighted by molar-refractivity contribution is 5.90. The number of fused-ring (bicyclic) bond motifs is 1. The fraction of sp³-hybridized carbons (Fsp3) is 0.350. The lowest BCUT2D eigenvalue weighted by molar-refractivity contribution is 0.297. The standard InChI is InChI=1S/C20H21FN2O/c1-12-13(2)23-19-18(12)16(9-14-3-4-14)10-22-20(19)24-11-15-5-7-17(21)8-6-15/h5-8,10,14,23H,3-4,9,11H2,1-2H3. The minimum atomic E-state index is -0.237. The molecule has 0 atom stereocenters. The third kappa shape index (κ3) is 2.88. The lowest BCUT2D eigenvalue weighted by atomic mass is 10.0. The number of aromatic amines is 1. The van der Waals surface area contributed by atoms with E-state index in [1.165, 1.54) is 41.5 Å². The lowest BCUT2D eigenvalue weighted by Crippen LogP contribution is -2.00. The monoisotopic (exact) mass is 324 g/mol. The van der Waals surface area contributed by atoms with Crippen molar-refractivity contribution in [1.82, 2.24) is 9.97 Å². The quantitative estimate of drug-likeness (QED) is 0.728. The summed E-state index contributed by atoms with van der Waals surface area (Å²) in [6, 6.07) is 6.37. The van der Waals surface area contributed by atoms with Crippen LogP contribution in [0, 0.1) is 25.6 Å². The first-order valence-corrected chi connectivity index (χ1v) is 8.46. The van der Waals surface area contributed by atoms with Crippen LogP contribution in [0.2, 0.25) is 0 Å². The average Bonchev–Trinajstić information content (AvgIpc) is 3.34. The first-order chi connectivity index (χ1) is 11.6. The molecule has 1 fully saturated rings. The van der Waals surface area contributed by atoms with Gasteiger partial charge in [0.15, 0.2) is 0 Å². The summed E-state index contributed by atoms with van der Waals surface area (Å²) >= 11 is 0. The Bertz CT molecular complexity index is 879. The highest BCUT2D eigenvalue weighted by Crippen LogP contribution is 2.37. The molecule has 4 rings (SSSR count). The van der Waals surface area contributed by atoms with Gasteiger partial charge in [0.25, 0.3) is 0 Å². The molecule has 0 aliphatic heterocycles. The molecular formula is C20H21FN2O. The molecule has 24 heavy (non-hydrogen) atoms. The van der Waals surface area contributed by atoms with Crippen molar-refractivity contribution in [2.75, 3.05) is 0 Å². The van der Waals surface area contributed by atoms with Gasteiger partial charge in [0, 0.05) is 17.3 Å². The summed E-state index contributed by atoms with van der Waals surface area (Å²) in [7, 11) is 0. The number of ether oxygens (including phenoxy) is 1. The second kappa shape index (κ2) is 5.93. The normalized spacial score (nSPS) is 14.3. The second-order valence-electron chi connectivity index (χ2n) is 6.78. The van der Waals surface area contributed by atoms with E-state index in [1.54, 1.807) is 12.1 Å². The summed E-state index contributed by atoms with van der Waals surface area (Å²) in [5.74, 6) is 1.19. The summed E-state index contributed by atoms with van der Waals surface area (Å²) in [5, 5.41) is 1.25. The Kier molecular flexibility index (Phi) is 3.75. The molecule has 3 aromatic rings.